The number of H-pyrrole nitrogens is 1. The van der Waals surface area contributed by atoms with E-state index in [1.807, 2.05) is 6.92 Å². The fourth-order valence-electron chi connectivity index (χ4n) is 2.73. The highest BCUT2D eigenvalue weighted by Gasteiger charge is 2.11. The van der Waals surface area contributed by atoms with Crippen LogP contribution in [0.3, 0.4) is 0 Å². The first-order valence-electron chi connectivity index (χ1n) is 8.37. The molecular weight excluding hydrogens is 344 g/mol. The lowest BCUT2D eigenvalue weighted by atomic mass is 10.1. The smallest absolute Gasteiger partial charge is 0.330 e. The van der Waals surface area contributed by atoms with Gasteiger partial charge in [0, 0.05) is 42.8 Å². The molecule has 2 aromatic carbocycles. The molecule has 2 amide bonds. The van der Waals surface area contributed by atoms with Crippen molar-refractivity contribution >= 4 is 17.5 Å². The highest BCUT2D eigenvalue weighted by molar-refractivity contribution is 6.05. The fraction of sp³-hybridized carbons (Fsp3) is 0.150. The maximum atomic E-state index is 12.5. The molecule has 0 aliphatic heterocycles. The molecule has 0 unspecified atom stereocenters. The molecule has 3 rings (SSSR count). The van der Waals surface area contributed by atoms with Crippen LogP contribution in [-0.4, -0.2) is 40.4 Å². The van der Waals surface area contributed by atoms with Gasteiger partial charge in [0.2, 0.25) is 0 Å². The van der Waals surface area contributed by atoms with Crippen LogP contribution in [0.1, 0.15) is 26.4 Å². The van der Waals surface area contributed by atoms with Gasteiger partial charge < -0.3 is 15.2 Å². The van der Waals surface area contributed by atoms with Crippen molar-refractivity contribution in [2.75, 3.05) is 19.4 Å². The van der Waals surface area contributed by atoms with E-state index in [0.717, 1.165) is 5.69 Å². The van der Waals surface area contributed by atoms with Gasteiger partial charge in [0.25, 0.3) is 11.8 Å². The summed E-state index contributed by atoms with van der Waals surface area (Å²) in [5.41, 5.74) is 2.70. The van der Waals surface area contributed by atoms with Crippen molar-refractivity contribution < 1.29 is 9.59 Å². The summed E-state index contributed by atoms with van der Waals surface area (Å²) in [6.07, 6.45) is 1.63. The van der Waals surface area contributed by atoms with E-state index >= 15 is 0 Å². The molecule has 7 nitrogen and oxygen atoms in total. The second kappa shape index (κ2) is 7.33. The molecule has 0 aliphatic rings. The first-order valence-corrected chi connectivity index (χ1v) is 8.37. The maximum absolute atomic E-state index is 12.5. The van der Waals surface area contributed by atoms with Gasteiger partial charge in [-0.3, -0.25) is 14.2 Å². The van der Waals surface area contributed by atoms with E-state index in [1.165, 1.54) is 9.47 Å². The zero-order valence-electron chi connectivity index (χ0n) is 15.3. The van der Waals surface area contributed by atoms with Gasteiger partial charge in [-0.25, -0.2) is 4.79 Å². The highest BCUT2D eigenvalue weighted by Crippen LogP contribution is 2.15. The van der Waals surface area contributed by atoms with Gasteiger partial charge in [0.15, 0.2) is 0 Å². The van der Waals surface area contributed by atoms with Crippen LogP contribution in [0.4, 0.5) is 5.69 Å². The van der Waals surface area contributed by atoms with Crippen LogP contribution in [-0.2, 0) is 0 Å². The molecule has 0 saturated heterocycles. The molecule has 0 spiro atoms. The number of benzene rings is 2. The largest absolute Gasteiger partial charge is 0.345 e. The number of carbonyl (C=O) groups is 2. The van der Waals surface area contributed by atoms with E-state index in [9.17, 15) is 14.4 Å². The Morgan fingerprint density at radius 1 is 1.04 bits per heavy atom. The SMILES string of the molecule is Cc1c[nH]c(=O)n1-c1ccc(C(=O)Nc2cccc(C(=O)N(C)C)c2)cc1. The van der Waals surface area contributed by atoms with Gasteiger partial charge in [-0.05, 0) is 49.4 Å². The Morgan fingerprint density at radius 2 is 1.74 bits per heavy atom. The third-order valence-electron chi connectivity index (χ3n) is 4.12. The first-order chi connectivity index (χ1) is 12.9. The number of aromatic nitrogens is 2. The van der Waals surface area contributed by atoms with E-state index in [-0.39, 0.29) is 17.5 Å². The molecule has 0 saturated carbocycles. The summed E-state index contributed by atoms with van der Waals surface area (Å²) in [5.74, 6) is -0.433. The minimum absolute atomic E-state index is 0.136. The molecule has 0 fully saturated rings. The molecule has 0 bridgehead atoms. The Labute approximate surface area is 156 Å². The van der Waals surface area contributed by atoms with Crippen LogP contribution >= 0.6 is 0 Å². The van der Waals surface area contributed by atoms with Gasteiger partial charge in [-0.15, -0.1) is 0 Å². The van der Waals surface area contributed by atoms with E-state index in [4.69, 9.17) is 0 Å². The predicted octanol–water partition coefficient (Wildman–Crippen LogP) is 2.43. The third-order valence-corrected chi connectivity index (χ3v) is 4.12. The van der Waals surface area contributed by atoms with Gasteiger partial charge in [-0.2, -0.15) is 0 Å². The number of carbonyl (C=O) groups excluding carboxylic acids is 2. The van der Waals surface area contributed by atoms with E-state index in [0.29, 0.717) is 22.5 Å². The van der Waals surface area contributed by atoms with Crippen LogP contribution in [0.25, 0.3) is 5.69 Å². The topological polar surface area (TPSA) is 87.2 Å². The van der Waals surface area contributed by atoms with Gasteiger partial charge in [0.1, 0.15) is 0 Å². The number of aromatic amines is 1. The summed E-state index contributed by atoms with van der Waals surface area (Å²) in [7, 11) is 3.35. The Hall–Kier alpha value is -3.61. The number of amides is 2. The Kier molecular flexibility index (Phi) is 4.94. The Bertz CT molecular complexity index is 1050. The number of rotatable bonds is 4. The lowest BCUT2D eigenvalue weighted by Crippen LogP contribution is -2.22. The van der Waals surface area contributed by atoms with Crippen LogP contribution in [0.5, 0.6) is 0 Å². The monoisotopic (exact) mass is 364 g/mol. The van der Waals surface area contributed by atoms with Crippen LogP contribution in [0.2, 0.25) is 0 Å². The van der Waals surface area contributed by atoms with Crippen molar-refractivity contribution in [3.8, 4) is 5.69 Å². The maximum Gasteiger partial charge on any atom is 0.330 e. The number of aryl methyl sites for hydroxylation is 1. The standard InChI is InChI=1S/C20H20N4O3/c1-13-12-21-20(27)24(13)17-9-7-14(8-10-17)18(25)22-16-6-4-5-15(11-16)19(26)23(2)3/h4-12H,1-3H3,(H,21,27)(H,22,25). The zero-order valence-corrected chi connectivity index (χ0v) is 15.3. The second-order valence-electron chi connectivity index (χ2n) is 6.35. The van der Waals surface area contributed by atoms with E-state index in [2.05, 4.69) is 10.3 Å². The highest BCUT2D eigenvalue weighted by atomic mass is 16.2. The Morgan fingerprint density at radius 3 is 2.33 bits per heavy atom. The predicted molar refractivity (Wildman–Crippen MR) is 104 cm³/mol. The number of anilines is 1. The summed E-state index contributed by atoms with van der Waals surface area (Å²) in [6, 6.07) is 13.5. The third kappa shape index (κ3) is 3.82. The zero-order chi connectivity index (χ0) is 19.6. The minimum Gasteiger partial charge on any atom is -0.345 e. The lowest BCUT2D eigenvalue weighted by Gasteiger charge is -2.12. The molecule has 3 aromatic rings. The molecule has 1 aromatic heterocycles. The number of nitrogens with zero attached hydrogens (tertiary/aromatic N) is 2. The number of hydrogen-bond acceptors (Lipinski definition) is 3. The van der Waals surface area contributed by atoms with E-state index in [1.54, 1.807) is 68.8 Å². The second-order valence-corrected chi connectivity index (χ2v) is 6.35. The van der Waals surface area contributed by atoms with Crippen molar-refractivity contribution in [3.63, 3.8) is 0 Å². The van der Waals surface area contributed by atoms with E-state index < -0.39 is 0 Å². The summed E-state index contributed by atoms with van der Waals surface area (Å²) in [5, 5.41) is 2.79. The lowest BCUT2D eigenvalue weighted by molar-refractivity contribution is 0.0827. The summed E-state index contributed by atoms with van der Waals surface area (Å²) >= 11 is 0. The summed E-state index contributed by atoms with van der Waals surface area (Å²) < 4.78 is 1.53. The van der Waals surface area contributed by atoms with Crippen molar-refractivity contribution in [1.29, 1.82) is 0 Å². The van der Waals surface area contributed by atoms with Crippen molar-refractivity contribution in [1.82, 2.24) is 14.5 Å². The average molecular weight is 364 g/mol. The molecule has 2 N–H and O–H groups in total. The minimum atomic E-state index is -0.297. The van der Waals surface area contributed by atoms with Crippen molar-refractivity contribution in [2.45, 2.75) is 6.92 Å². The molecule has 7 heteroatoms. The van der Waals surface area contributed by atoms with Crippen molar-refractivity contribution in [3.05, 3.63) is 82.0 Å². The van der Waals surface area contributed by atoms with Gasteiger partial charge in [0.05, 0.1) is 5.69 Å². The normalized spacial score (nSPS) is 10.5. The number of nitrogens with one attached hydrogen (secondary N) is 2. The molecule has 138 valence electrons. The number of hydrogen-bond donors (Lipinski definition) is 2. The van der Waals surface area contributed by atoms with Crippen LogP contribution < -0.4 is 11.0 Å². The number of imidazole rings is 1. The average Bonchev–Trinajstić information content (AvgIpc) is 2.99. The Balaban J connectivity index is 1.78. The van der Waals surface area contributed by atoms with Crippen LogP contribution in [0.15, 0.2) is 59.5 Å². The molecule has 0 radical (unpaired) electrons. The quantitative estimate of drug-likeness (QED) is 0.745. The molecule has 27 heavy (non-hydrogen) atoms. The van der Waals surface area contributed by atoms with Crippen LogP contribution in [0, 0.1) is 6.92 Å². The summed E-state index contributed by atoms with van der Waals surface area (Å²) in [6.45, 7) is 1.82. The molecule has 0 atom stereocenters. The summed E-state index contributed by atoms with van der Waals surface area (Å²) in [4.78, 5) is 40.5. The first kappa shape index (κ1) is 18.2. The fourth-order valence-corrected chi connectivity index (χ4v) is 2.73. The molecule has 1 heterocycles. The van der Waals surface area contributed by atoms with Gasteiger partial charge >= 0.3 is 5.69 Å². The van der Waals surface area contributed by atoms with Gasteiger partial charge in [-0.1, -0.05) is 6.07 Å². The molecule has 0 aliphatic carbocycles. The van der Waals surface area contributed by atoms with Crippen molar-refractivity contribution in [2.24, 2.45) is 0 Å². The molecular formula is C20H20N4O3.